The van der Waals surface area contributed by atoms with Crippen molar-refractivity contribution in [3.05, 3.63) is 73.1 Å². The van der Waals surface area contributed by atoms with Crippen molar-refractivity contribution in [2.24, 2.45) is 0 Å². The van der Waals surface area contributed by atoms with E-state index < -0.39 is 5.60 Å². The molecule has 12 heteroatoms. The third-order valence-corrected chi connectivity index (χ3v) is 7.21. The highest BCUT2D eigenvalue weighted by atomic mass is 16.6. The number of phenolic OH excluding ortho intramolecular Hbond substituents is 2. The van der Waals surface area contributed by atoms with Gasteiger partial charge in [0.25, 0.3) is 0 Å². The van der Waals surface area contributed by atoms with Crippen LogP contribution >= 0.6 is 0 Å². The normalized spacial score (nSPS) is 17.7. The molecule has 0 aliphatic carbocycles. The Bertz CT molecular complexity index is 1590. The third kappa shape index (κ3) is 8.79. The van der Waals surface area contributed by atoms with Crippen LogP contribution in [-0.2, 0) is 4.74 Å². The van der Waals surface area contributed by atoms with Crippen LogP contribution in [0.2, 0.25) is 0 Å². The van der Waals surface area contributed by atoms with Crippen molar-refractivity contribution < 1.29 is 19.7 Å². The highest BCUT2D eigenvalue weighted by Gasteiger charge is 2.30. The number of aromatic hydroxyl groups is 2. The van der Waals surface area contributed by atoms with Crippen LogP contribution in [0.15, 0.2) is 73.1 Å². The zero-order chi connectivity index (χ0) is 31.8. The molecule has 2 fully saturated rings. The molecule has 45 heavy (non-hydrogen) atoms. The lowest BCUT2D eigenvalue weighted by molar-refractivity contribution is 0.0293. The number of hydrogen-bond donors (Lipinski definition) is 5. The molecule has 236 valence electrons. The van der Waals surface area contributed by atoms with Crippen molar-refractivity contribution in [1.29, 1.82) is 0 Å². The van der Waals surface area contributed by atoms with Crippen molar-refractivity contribution in [3.63, 3.8) is 0 Å². The Kier molecular flexibility index (Phi) is 9.93. The van der Waals surface area contributed by atoms with E-state index >= 15 is 0 Å². The SMILES string of the molecule is CC(C)(C)OC(=O)N1CC[C@H](Nc2ccnc(-c3ccccc3O)n2)C1.Oc1ccccc1-c1nccc(N[C@H]2CCNC2)n1. The molecule has 2 aromatic heterocycles. The first-order chi connectivity index (χ1) is 21.6. The number of rotatable bonds is 6. The molecule has 6 rings (SSSR count). The van der Waals surface area contributed by atoms with Gasteiger partial charge in [-0.05, 0) is 76.6 Å². The lowest BCUT2D eigenvalue weighted by Gasteiger charge is -2.24. The molecule has 1 amide bonds. The van der Waals surface area contributed by atoms with Crippen LogP contribution in [0.5, 0.6) is 11.5 Å². The van der Waals surface area contributed by atoms with Gasteiger partial charge in [-0.15, -0.1) is 0 Å². The first-order valence-corrected chi connectivity index (χ1v) is 15.1. The average molecular weight is 613 g/mol. The first kappa shape index (κ1) is 31.5. The van der Waals surface area contributed by atoms with Gasteiger partial charge in [0.15, 0.2) is 11.6 Å². The number of aromatic nitrogens is 4. The number of phenols is 2. The standard InChI is InChI=1S/C19H24N4O3.C14H16N4O/c1-19(2,3)26-18(25)23-11-9-13(12-23)21-16-8-10-20-17(22-16)14-6-4-5-7-15(14)24;19-12-4-2-1-3-11(12)14-16-8-6-13(18-14)17-10-5-7-15-9-10/h4-8,10,13,24H,9,11-12H2,1-3H3,(H,20,21,22);1-4,6,8,10,15,19H,5,7,9H2,(H,16,17,18)/t13-;10-/m00/s1. The summed E-state index contributed by atoms with van der Waals surface area (Å²) in [7, 11) is 0. The zero-order valence-electron chi connectivity index (χ0n) is 25.8. The Hall–Kier alpha value is -4.97. The molecule has 2 atom stereocenters. The quantitative estimate of drug-likeness (QED) is 0.202. The van der Waals surface area contributed by atoms with Gasteiger partial charge in [-0.1, -0.05) is 24.3 Å². The highest BCUT2D eigenvalue weighted by Crippen LogP contribution is 2.27. The van der Waals surface area contributed by atoms with Crippen LogP contribution in [-0.4, -0.2) is 85.0 Å². The van der Waals surface area contributed by atoms with Crippen LogP contribution in [0.1, 0.15) is 33.6 Å². The Labute approximate surface area is 262 Å². The van der Waals surface area contributed by atoms with Crippen LogP contribution in [0.3, 0.4) is 0 Å². The van der Waals surface area contributed by atoms with Gasteiger partial charge >= 0.3 is 6.09 Å². The van der Waals surface area contributed by atoms with E-state index in [2.05, 4.69) is 35.9 Å². The minimum Gasteiger partial charge on any atom is -0.507 e. The fourth-order valence-corrected chi connectivity index (χ4v) is 5.03. The zero-order valence-corrected chi connectivity index (χ0v) is 25.8. The molecule has 2 saturated heterocycles. The minimum absolute atomic E-state index is 0.0923. The molecule has 0 unspecified atom stereocenters. The average Bonchev–Trinajstić information content (AvgIpc) is 3.70. The molecule has 2 aliphatic rings. The summed E-state index contributed by atoms with van der Waals surface area (Å²) in [5.74, 6) is 2.78. The Morgan fingerprint density at radius 2 is 1.40 bits per heavy atom. The second kappa shape index (κ2) is 14.2. The monoisotopic (exact) mass is 612 g/mol. The number of anilines is 2. The highest BCUT2D eigenvalue weighted by molar-refractivity contribution is 5.69. The second-order valence-electron chi connectivity index (χ2n) is 12.0. The molecule has 4 heterocycles. The summed E-state index contributed by atoms with van der Waals surface area (Å²) < 4.78 is 5.42. The fraction of sp³-hybridized carbons (Fsp3) is 0.364. The van der Waals surface area contributed by atoms with Crippen LogP contribution in [0.4, 0.5) is 16.4 Å². The lowest BCUT2D eigenvalue weighted by Crippen LogP contribution is -2.36. The van der Waals surface area contributed by atoms with E-state index in [0.717, 1.165) is 31.7 Å². The predicted molar refractivity (Wildman–Crippen MR) is 173 cm³/mol. The number of nitrogens with zero attached hydrogens (tertiary/aromatic N) is 5. The number of hydrogen-bond acceptors (Lipinski definition) is 11. The molecule has 0 bridgehead atoms. The van der Waals surface area contributed by atoms with Crippen LogP contribution in [0, 0.1) is 0 Å². The van der Waals surface area contributed by atoms with E-state index in [4.69, 9.17) is 4.74 Å². The van der Waals surface area contributed by atoms with E-state index in [1.54, 1.807) is 53.7 Å². The van der Waals surface area contributed by atoms with Gasteiger partial charge in [0.1, 0.15) is 28.7 Å². The number of carbonyl (C=O) groups is 1. The van der Waals surface area contributed by atoms with Crippen molar-refractivity contribution in [1.82, 2.24) is 30.2 Å². The molecule has 4 aromatic rings. The predicted octanol–water partition coefficient (Wildman–Crippen LogP) is 4.89. The summed E-state index contributed by atoms with van der Waals surface area (Å²) in [5, 5.41) is 29.8. The van der Waals surface area contributed by atoms with Gasteiger partial charge in [0.2, 0.25) is 0 Å². The van der Waals surface area contributed by atoms with Crippen molar-refractivity contribution in [2.45, 2.75) is 51.3 Å². The van der Waals surface area contributed by atoms with Gasteiger partial charge in [0, 0.05) is 44.1 Å². The number of carbonyl (C=O) groups excluding carboxylic acids is 1. The van der Waals surface area contributed by atoms with E-state index in [1.807, 2.05) is 45.0 Å². The Morgan fingerprint density at radius 1 is 0.844 bits per heavy atom. The largest absolute Gasteiger partial charge is 0.507 e. The summed E-state index contributed by atoms with van der Waals surface area (Å²) in [4.78, 5) is 31.2. The number of amides is 1. The summed E-state index contributed by atoms with van der Waals surface area (Å²) in [6, 6.07) is 18.2. The number of para-hydroxylation sites is 2. The van der Waals surface area contributed by atoms with E-state index in [0.29, 0.717) is 47.7 Å². The molecular weight excluding hydrogens is 572 g/mol. The summed E-state index contributed by atoms with van der Waals surface area (Å²) in [6.45, 7) is 8.77. The van der Waals surface area contributed by atoms with Gasteiger partial charge in [0.05, 0.1) is 11.1 Å². The van der Waals surface area contributed by atoms with Gasteiger partial charge < -0.3 is 35.8 Å². The van der Waals surface area contributed by atoms with E-state index in [9.17, 15) is 15.0 Å². The summed E-state index contributed by atoms with van der Waals surface area (Å²) in [5.41, 5.74) is 0.732. The molecule has 0 radical (unpaired) electrons. The lowest BCUT2D eigenvalue weighted by atomic mass is 10.2. The van der Waals surface area contributed by atoms with E-state index in [-0.39, 0.29) is 23.6 Å². The fourth-order valence-electron chi connectivity index (χ4n) is 5.03. The molecular formula is C33H40N8O4. The topological polar surface area (TPSA) is 158 Å². The smallest absolute Gasteiger partial charge is 0.410 e. The number of benzene rings is 2. The van der Waals surface area contributed by atoms with E-state index in [1.165, 1.54) is 0 Å². The third-order valence-electron chi connectivity index (χ3n) is 7.21. The maximum Gasteiger partial charge on any atom is 0.410 e. The van der Waals surface area contributed by atoms with Crippen molar-refractivity contribution in [2.75, 3.05) is 36.8 Å². The molecule has 2 aliphatic heterocycles. The van der Waals surface area contributed by atoms with Crippen LogP contribution < -0.4 is 16.0 Å². The van der Waals surface area contributed by atoms with Gasteiger partial charge in [-0.3, -0.25) is 0 Å². The molecule has 5 N–H and O–H groups in total. The summed E-state index contributed by atoms with van der Waals surface area (Å²) >= 11 is 0. The van der Waals surface area contributed by atoms with Crippen molar-refractivity contribution >= 4 is 17.7 Å². The minimum atomic E-state index is -0.498. The maximum absolute atomic E-state index is 12.2. The van der Waals surface area contributed by atoms with Gasteiger partial charge in [-0.25, -0.2) is 24.7 Å². The summed E-state index contributed by atoms with van der Waals surface area (Å²) in [6.07, 6.45) is 4.97. The molecule has 0 saturated carbocycles. The van der Waals surface area contributed by atoms with Gasteiger partial charge in [-0.2, -0.15) is 0 Å². The molecule has 0 spiro atoms. The van der Waals surface area contributed by atoms with Crippen LogP contribution in [0.25, 0.3) is 22.8 Å². The number of ether oxygens (including phenoxy) is 1. The Balaban J connectivity index is 0.000000186. The second-order valence-corrected chi connectivity index (χ2v) is 12.0. The number of nitrogens with one attached hydrogen (secondary N) is 3. The maximum atomic E-state index is 12.2. The molecule has 2 aromatic carbocycles. The Morgan fingerprint density at radius 3 is 1.91 bits per heavy atom. The van der Waals surface area contributed by atoms with Crippen molar-refractivity contribution in [3.8, 4) is 34.3 Å². The first-order valence-electron chi connectivity index (χ1n) is 15.1. The molecule has 12 nitrogen and oxygen atoms in total. The number of likely N-dealkylation sites (tertiary alicyclic amines) is 1.